The van der Waals surface area contributed by atoms with Crippen molar-refractivity contribution in [2.24, 2.45) is 0 Å². The fourth-order valence-corrected chi connectivity index (χ4v) is 3.74. The van der Waals surface area contributed by atoms with E-state index in [1.165, 1.54) is 6.92 Å². The SMILES string of the molecule is COc1cccc(CN2CCCc3cc(CN(O)C(C)=O)cc(Cl)c32)c1. The first kappa shape index (κ1) is 18.5. The van der Waals surface area contributed by atoms with E-state index in [1.807, 2.05) is 30.3 Å². The van der Waals surface area contributed by atoms with Crippen molar-refractivity contribution in [3.05, 3.63) is 58.1 Å². The molecule has 0 fully saturated rings. The van der Waals surface area contributed by atoms with E-state index in [-0.39, 0.29) is 6.54 Å². The van der Waals surface area contributed by atoms with Crippen molar-refractivity contribution in [1.29, 1.82) is 0 Å². The third kappa shape index (κ3) is 4.11. The van der Waals surface area contributed by atoms with Crippen LogP contribution in [0.5, 0.6) is 5.75 Å². The third-order valence-corrected chi connectivity index (χ3v) is 4.88. The van der Waals surface area contributed by atoms with Gasteiger partial charge in [-0.2, -0.15) is 0 Å². The Balaban J connectivity index is 1.86. The lowest BCUT2D eigenvalue weighted by Gasteiger charge is -2.33. The number of benzene rings is 2. The van der Waals surface area contributed by atoms with Crippen LogP contribution in [0.15, 0.2) is 36.4 Å². The Kier molecular flexibility index (Phi) is 5.69. The highest BCUT2D eigenvalue weighted by molar-refractivity contribution is 6.33. The molecule has 1 heterocycles. The Morgan fingerprint density at radius 2 is 2.12 bits per heavy atom. The van der Waals surface area contributed by atoms with E-state index in [9.17, 15) is 10.0 Å². The van der Waals surface area contributed by atoms with Crippen LogP contribution in [0.3, 0.4) is 0 Å². The molecule has 26 heavy (non-hydrogen) atoms. The van der Waals surface area contributed by atoms with Crippen molar-refractivity contribution in [2.75, 3.05) is 18.6 Å². The number of rotatable bonds is 5. The molecule has 0 spiro atoms. The van der Waals surface area contributed by atoms with Gasteiger partial charge in [-0.1, -0.05) is 29.8 Å². The number of carbonyl (C=O) groups excluding carboxylic acids is 1. The van der Waals surface area contributed by atoms with Crippen LogP contribution in [-0.4, -0.2) is 29.8 Å². The number of hydroxylamine groups is 2. The Hall–Kier alpha value is -2.24. The number of hydrogen-bond acceptors (Lipinski definition) is 4. The smallest absolute Gasteiger partial charge is 0.243 e. The van der Waals surface area contributed by atoms with Crippen LogP contribution in [0.2, 0.25) is 5.02 Å². The molecule has 5 nitrogen and oxygen atoms in total. The number of anilines is 1. The maximum atomic E-state index is 11.3. The number of hydrogen-bond donors (Lipinski definition) is 1. The number of fused-ring (bicyclic) bond motifs is 1. The summed E-state index contributed by atoms with van der Waals surface area (Å²) in [4.78, 5) is 13.5. The lowest BCUT2D eigenvalue weighted by atomic mass is 9.98. The second-order valence-electron chi connectivity index (χ2n) is 6.54. The average Bonchev–Trinajstić information content (AvgIpc) is 2.61. The highest BCUT2D eigenvalue weighted by atomic mass is 35.5. The summed E-state index contributed by atoms with van der Waals surface area (Å²) >= 11 is 6.58. The first-order valence-electron chi connectivity index (χ1n) is 8.64. The topological polar surface area (TPSA) is 53.0 Å². The zero-order chi connectivity index (χ0) is 18.7. The minimum atomic E-state index is -0.390. The van der Waals surface area contributed by atoms with Gasteiger partial charge in [-0.25, -0.2) is 5.06 Å². The minimum Gasteiger partial charge on any atom is -0.497 e. The van der Waals surface area contributed by atoms with Gasteiger partial charge in [0.15, 0.2) is 0 Å². The Morgan fingerprint density at radius 3 is 2.85 bits per heavy atom. The number of amides is 1. The standard InChI is InChI=1S/C20H23ClN2O3/c1-14(24)23(25)13-16-9-17-6-4-8-22(20(17)19(21)11-16)12-15-5-3-7-18(10-15)26-2/h3,5,7,9-11,25H,4,6,8,12-13H2,1-2H3. The summed E-state index contributed by atoms with van der Waals surface area (Å²) < 4.78 is 5.31. The maximum Gasteiger partial charge on any atom is 0.243 e. The molecule has 0 radical (unpaired) electrons. The van der Waals surface area contributed by atoms with E-state index in [2.05, 4.69) is 11.0 Å². The molecule has 138 valence electrons. The number of ether oxygens (including phenoxy) is 1. The monoisotopic (exact) mass is 374 g/mol. The van der Waals surface area contributed by atoms with Gasteiger partial charge >= 0.3 is 0 Å². The maximum absolute atomic E-state index is 11.3. The second kappa shape index (κ2) is 7.98. The number of methoxy groups -OCH3 is 1. The van der Waals surface area contributed by atoms with E-state index in [1.54, 1.807) is 7.11 Å². The Morgan fingerprint density at radius 1 is 1.31 bits per heavy atom. The number of halogens is 1. The van der Waals surface area contributed by atoms with Crippen LogP contribution in [0.4, 0.5) is 5.69 Å². The molecular formula is C20H23ClN2O3. The Labute approximate surface area is 158 Å². The molecule has 1 amide bonds. The second-order valence-corrected chi connectivity index (χ2v) is 6.95. The van der Waals surface area contributed by atoms with Crippen LogP contribution in [0, 0.1) is 0 Å². The summed E-state index contributed by atoms with van der Waals surface area (Å²) in [6.45, 7) is 3.15. The van der Waals surface area contributed by atoms with Crippen LogP contribution < -0.4 is 9.64 Å². The quantitative estimate of drug-likeness (QED) is 0.634. The summed E-state index contributed by atoms with van der Waals surface area (Å²) in [7, 11) is 1.67. The molecule has 0 unspecified atom stereocenters. The molecular weight excluding hydrogens is 352 g/mol. The van der Waals surface area contributed by atoms with Gasteiger partial charge < -0.3 is 9.64 Å². The summed E-state index contributed by atoms with van der Waals surface area (Å²) in [5, 5.41) is 11.0. The van der Waals surface area contributed by atoms with Crippen LogP contribution in [0.1, 0.15) is 30.0 Å². The molecule has 2 aromatic rings. The zero-order valence-corrected chi connectivity index (χ0v) is 15.8. The molecule has 0 saturated heterocycles. The van der Waals surface area contributed by atoms with Crippen molar-refractivity contribution in [3.63, 3.8) is 0 Å². The molecule has 1 aliphatic heterocycles. The average molecular weight is 375 g/mol. The highest BCUT2D eigenvalue weighted by Crippen LogP contribution is 2.37. The van der Waals surface area contributed by atoms with Gasteiger partial charge in [0.25, 0.3) is 0 Å². The van der Waals surface area contributed by atoms with E-state index in [0.717, 1.165) is 54.1 Å². The van der Waals surface area contributed by atoms with E-state index < -0.39 is 5.91 Å². The summed E-state index contributed by atoms with van der Waals surface area (Å²) in [6, 6.07) is 11.9. The first-order valence-corrected chi connectivity index (χ1v) is 9.02. The van der Waals surface area contributed by atoms with Crippen LogP contribution >= 0.6 is 11.6 Å². The molecule has 0 saturated carbocycles. The molecule has 2 aromatic carbocycles. The van der Waals surface area contributed by atoms with Crippen molar-refractivity contribution < 1.29 is 14.7 Å². The molecule has 0 aliphatic carbocycles. The van der Waals surface area contributed by atoms with Gasteiger partial charge in [-0.15, -0.1) is 0 Å². The van der Waals surface area contributed by atoms with Crippen molar-refractivity contribution in [2.45, 2.75) is 32.9 Å². The predicted molar refractivity (Wildman–Crippen MR) is 102 cm³/mol. The third-order valence-electron chi connectivity index (χ3n) is 4.60. The lowest BCUT2D eigenvalue weighted by Crippen LogP contribution is -2.29. The molecule has 1 N–H and O–H groups in total. The number of nitrogens with zero attached hydrogens (tertiary/aromatic N) is 2. The molecule has 0 atom stereocenters. The van der Waals surface area contributed by atoms with Gasteiger partial charge in [-0.3, -0.25) is 10.0 Å². The lowest BCUT2D eigenvalue weighted by molar-refractivity contribution is -0.165. The van der Waals surface area contributed by atoms with Gasteiger partial charge in [0, 0.05) is 20.0 Å². The summed E-state index contributed by atoms with van der Waals surface area (Å²) in [5.74, 6) is 0.451. The summed E-state index contributed by atoms with van der Waals surface area (Å²) in [5.41, 5.74) is 4.18. The highest BCUT2D eigenvalue weighted by Gasteiger charge is 2.21. The fraction of sp³-hybridized carbons (Fsp3) is 0.350. The minimum absolute atomic E-state index is 0.137. The number of aryl methyl sites for hydroxylation is 1. The normalized spacial score (nSPS) is 13.3. The van der Waals surface area contributed by atoms with Gasteiger partial charge in [-0.05, 0) is 47.7 Å². The van der Waals surface area contributed by atoms with Crippen molar-refractivity contribution in [3.8, 4) is 5.75 Å². The summed E-state index contributed by atoms with van der Waals surface area (Å²) in [6.07, 6.45) is 1.97. The van der Waals surface area contributed by atoms with Crippen LogP contribution in [0.25, 0.3) is 0 Å². The van der Waals surface area contributed by atoms with Gasteiger partial charge in [0.1, 0.15) is 5.75 Å². The molecule has 3 rings (SSSR count). The van der Waals surface area contributed by atoms with E-state index in [0.29, 0.717) is 10.1 Å². The predicted octanol–water partition coefficient (Wildman–Crippen LogP) is 4.04. The largest absolute Gasteiger partial charge is 0.497 e. The van der Waals surface area contributed by atoms with Gasteiger partial charge in [0.2, 0.25) is 5.91 Å². The Bertz CT molecular complexity index is 810. The fourth-order valence-electron chi connectivity index (χ4n) is 3.36. The number of carbonyl (C=O) groups is 1. The molecule has 0 aromatic heterocycles. The molecule has 0 bridgehead atoms. The zero-order valence-electron chi connectivity index (χ0n) is 15.0. The van der Waals surface area contributed by atoms with Crippen molar-refractivity contribution in [1.82, 2.24) is 5.06 Å². The molecule has 1 aliphatic rings. The van der Waals surface area contributed by atoms with E-state index >= 15 is 0 Å². The van der Waals surface area contributed by atoms with Crippen molar-refractivity contribution >= 4 is 23.2 Å². The van der Waals surface area contributed by atoms with Crippen LogP contribution in [-0.2, 0) is 24.3 Å². The first-order chi connectivity index (χ1) is 12.5. The molecule has 6 heteroatoms. The van der Waals surface area contributed by atoms with Gasteiger partial charge in [0.05, 0.1) is 24.4 Å². The van der Waals surface area contributed by atoms with E-state index in [4.69, 9.17) is 16.3 Å².